The number of fused-ring (bicyclic) bond motifs is 2. The largest absolute Gasteiger partial charge is 0.328 e. The van der Waals surface area contributed by atoms with Crippen LogP contribution in [0, 0.1) is 11.8 Å². The molecule has 1 aliphatic heterocycles. The molecule has 2 saturated carbocycles. The van der Waals surface area contributed by atoms with Crippen molar-refractivity contribution in [2.24, 2.45) is 11.8 Å². The molecule has 1 amide bonds. The second-order valence-electron chi connectivity index (χ2n) is 9.87. The van der Waals surface area contributed by atoms with Crippen LogP contribution in [0.4, 0.5) is 0 Å². The number of amides is 1. The van der Waals surface area contributed by atoms with Crippen molar-refractivity contribution in [1.82, 2.24) is 19.7 Å². The van der Waals surface area contributed by atoms with E-state index < -0.39 is 0 Å². The summed E-state index contributed by atoms with van der Waals surface area (Å²) in [7, 11) is 0. The van der Waals surface area contributed by atoms with Crippen molar-refractivity contribution in [2.45, 2.75) is 57.2 Å². The summed E-state index contributed by atoms with van der Waals surface area (Å²) in [6, 6.07) is 9.35. The second-order valence-corrected chi connectivity index (χ2v) is 10.3. The summed E-state index contributed by atoms with van der Waals surface area (Å²) in [6.07, 6.45) is 6.38. The number of hydrogen-bond acceptors (Lipinski definition) is 5. The van der Waals surface area contributed by atoms with E-state index in [1.54, 1.807) is 28.0 Å². The lowest BCUT2D eigenvalue weighted by Crippen LogP contribution is -2.44. The Balaban J connectivity index is 1.17. The average molecular weight is 477 g/mol. The standard InChI is InChI=1S/C26H25ClN4O3/c1-14(32)26-18-6-7-28-12-23(18)30(29-26)13-25(34)31-21-9-16(21)10-22(31)24(33)11-15-8-19(15)17-4-2-3-5-20(17)27/h2-7,12,15-16,19,21-22H,8-11,13H2,1H3/t15-,16+,19+,21+,22-/m0/s1. The number of pyridine rings is 1. The van der Waals surface area contributed by atoms with Crippen LogP contribution >= 0.6 is 11.6 Å². The lowest BCUT2D eigenvalue weighted by Gasteiger charge is -2.27. The molecule has 8 heteroatoms. The Kier molecular flexibility index (Phi) is 5.06. The zero-order valence-corrected chi connectivity index (χ0v) is 19.6. The van der Waals surface area contributed by atoms with Gasteiger partial charge in [-0.2, -0.15) is 5.10 Å². The molecule has 5 atom stereocenters. The highest BCUT2D eigenvalue weighted by molar-refractivity contribution is 6.31. The maximum absolute atomic E-state index is 13.4. The van der Waals surface area contributed by atoms with Gasteiger partial charge in [0.2, 0.25) is 5.91 Å². The van der Waals surface area contributed by atoms with Gasteiger partial charge in [-0.25, -0.2) is 0 Å². The number of carbonyl (C=O) groups is 3. The number of carbonyl (C=O) groups excluding carboxylic acids is 3. The molecule has 34 heavy (non-hydrogen) atoms. The first-order valence-corrected chi connectivity index (χ1v) is 12.2. The molecule has 3 heterocycles. The van der Waals surface area contributed by atoms with Crippen molar-refractivity contribution < 1.29 is 14.4 Å². The van der Waals surface area contributed by atoms with Crippen LogP contribution in [0.2, 0.25) is 5.02 Å². The molecule has 2 aliphatic carbocycles. The molecule has 0 unspecified atom stereocenters. The zero-order chi connectivity index (χ0) is 23.6. The van der Waals surface area contributed by atoms with Gasteiger partial charge in [-0.15, -0.1) is 0 Å². The van der Waals surface area contributed by atoms with Crippen LogP contribution in [-0.4, -0.2) is 49.2 Å². The van der Waals surface area contributed by atoms with Crippen LogP contribution in [0.1, 0.15) is 54.6 Å². The van der Waals surface area contributed by atoms with E-state index in [1.165, 1.54) is 6.92 Å². The van der Waals surface area contributed by atoms with E-state index in [4.69, 9.17) is 11.6 Å². The first kappa shape index (κ1) is 21.5. The van der Waals surface area contributed by atoms with Crippen molar-refractivity contribution in [1.29, 1.82) is 0 Å². The van der Waals surface area contributed by atoms with Crippen molar-refractivity contribution in [3.8, 4) is 0 Å². The number of hydrogen-bond donors (Lipinski definition) is 0. The Bertz CT molecular complexity index is 1330. The molecule has 2 aromatic heterocycles. The Morgan fingerprint density at radius 3 is 2.74 bits per heavy atom. The van der Waals surface area contributed by atoms with E-state index in [1.807, 2.05) is 24.3 Å². The number of aromatic nitrogens is 3. The second kappa shape index (κ2) is 8.01. The van der Waals surface area contributed by atoms with Crippen LogP contribution in [0.3, 0.4) is 0 Å². The minimum absolute atomic E-state index is 0.00580. The summed E-state index contributed by atoms with van der Waals surface area (Å²) in [6.45, 7) is 1.46. The third-order valence-electron chi connectivity index (χ3n) is 7.63. The first-order valence-electron chi connectivity index (χ1n) is 11.8. The molecular formula is C26H25ClN4O3. The topological polar surface area (TPSA) is 85.2 Å². The molecule has 3 aliphatic rings. The SMILES string of the molecule is CC(=O)c1nn(CC(=O)N2[C@@H]3C[C@@H]3C[C@H]2C(=O)C[C@@H]2C[C@H]2c2ccccc2Cl)c2cnccc12. The predicted molar refractivity (Wildman–Crippen MR) is 127 cm³/mol. The van der Waals surface area contributed by atoms with Crippen molar-refractivity contribution in [3.05, 3.63) is 59.0 Å². The number of halogens is 1. The van der Waals surface area contributed by atoms with Gasteiger partial charge in [0.1, 0.15) is 12.2 Å². The fourth-order valence-electron chi connectivity index (χ4n) is 5.74. The third kappa shape index (κ3) is 3.63. The molecule has 3 aromatic rings. The fourth-order valence-corrected chi connectivity index (χ4v) is 6.01. The number of ketones is 2. The van der Waals surface area contributed by atoms with Gasteiger partial charge in [0.15, 0.2) is 11.6 Å². The molecule has 6 rings (SSSR count). The first-order chi connectivity index (χ1) is 16.4. The summed E-state index contributed by atoms with van der Waals surface area (Å²) in [5, 5.41) is 5.85. The molecule has 174 valence electrons. The van der Waals surface area contributed by atoms with Crippen molar-refractivity contribution >= 4 is 40.0 Å². The van der Waals surface area contributed by atoms with Crippen molar-refractivity contribution in [2.75, 3.05) is 0 Å². The van der Waals surface area contributed by atoms with Crippen molar-refractivity contribution in [3.63, 3.8) is 0 Å². The van der Waals surface area contributed by atoms with Gasteiger partial charge in [-0.1, -0.05) is 29.8 Å². The van der Waals surface area contributed by atoms with Gasteiger partial charge in [0, 0.05) is 36.0 Å². The number of benzene rings is 1. The van der Waals surface area contributed by atoms with Crippen LogP contribution in [-0.2, 0) is 16.1 Å². The molecule has 7 nitrogen and oxygen atoms in total. The van der Waals surface area contributed by atoms with Gasteiger partial charge < -0.3 is 4.90 Å². The molecule has 1 saturated heterocycles. The Labute approximate surface area is 202 Å². The predicted octanol–water partition coefficient (Wildman–Crippen LogP) is 4.04. The monoisotopic (exact) mass is 476 g/mol. The van der Waals surface area contributed by atoms with Gasteiger partial charge in [0.25, 0.3) is 0 Å². The van der Waals surface area contributed by atoms with Gasteiger partial charge in [-0.3, -0.25) is 24.0 Å². The Hall–Kier alpha value is -3.06. The lowest BCUT2D eigenvalue weighted by atomic mass is 10.00. The fraction of sp³-hybridized carbons (Fsp3) is 0.423. The molecule has 0 spiro atoms. The van der Waals surface area contributed by atoms with Gasteiger partial charge in [0.05, 0.1) is 17.8 Å². The van der Waals surface area contributed by atoms with Gasteiger partial charge in [-0.05, 0) is 54.7 Å². The normalized spacial score (nSPS) is 27.0. The van der Waals surface area contributed by atoms with E-state index in [0.29, 0.717) is 40.8 Å². The van der Waals surface area contributed by atoms with E-state index >= 15 is 0 Å². The van der Waals surface area contributed by atoms with E-state index in [2.05, 4.69) is 10.1 Å². The Morgan fingerprint density at radius 2 is 1.94 bits per heavy atom. The molecule has 0 bridgehead atoms. The summed E-state index contributed by atoms with van der Waals surface area (Å²) in [5.41, 5.74) is 2.10. The minimum Gasteiger partial charge on any atom is -0.328 e. The summed E-state index contributed by atoms with van der Waals surface area (Å²) in [4.78, 5) is 44.7. The summed E-state index contributed by atoms with van der Waals surface area (Å²) in [5.74, 6) is 0.907. The number of likely N-dealkylation sites (tertiary alicyclic amines) is 1. The number of rotatable bonds is 7. The van der Waals surface area contributed by atoms with Gasteiger partial charge >= 0.3 is 0 Å². The Morgan fingerprint density at radius 1 is 1.12 bits per heavy atom. The number of Topliss-reactive ketones (excluding diaryl/α,β-unsaturated/α-hetero) is 2. The maximum atomic E-state index is 13.4. The molecule has 3 fully saturated rings. The lowest BCUT2D eigenvalue weighted by molar-refractivity contribution is -0.139. The highest BCUT2D eigenvalue weighted by atomic mass is 35.5. The van der Waals surface area contributed by atoms with Crippen LogP contribution in [0.15, 0.2) is 42.7 Å². The molecule has 0 radical (unpaired) electrons. The number of piperidine rings is 1. The molecule has 0 N–H and O–H groups in total. The summed E-state index contributed by atoms with van der Waals surface area (Å²) < 4.78 is 1.55. The highest BCUT2D eigenvalue weighted by Crippen LogP contribution is 2.53. The van der Waals surface area contributed by atoms with Crippen LogP contribution in [0.5, 0.6) is 0 Å². The van der Waals surface area contributed by atoms with Crippen LogP contribution in [0.25, 0.3) is 10.9 Å². The quantitative estimate of drug-likeness (QED) is 0.480. The minimum atomic E-state index is -0.365. The third-order valence-corrected chi connectivity index (χ3v) is 7.97. The molecule has 1 aromatic carbocycles. The smallest absolute Gasteiger partial charge is 0.245 e. The van der Waals surface area contributed by atoms with E-state index in [9.17, 15) is 14.4 Å². The maximum Gasteiger partial charge on any atom is 0.245 e. The van der Waals surface area contributed by atoms with E-state index in [-0.39, 0.29) is 36.1 Å². The highest BCUT2D eigenvalue weighted by Gasteiger charge is 2.56. The average Bonchev–Trinajstić information content (AvgIpc) is 3.69. The summed E-state index contributed by atoms with van der Waals surface area (Å²) >= 11 is 6.35. The molecular weight excluding hydrogens is 452 g/mol. The zero-order valence-electron chi connectivity index (χ0n) is 18.9. The number of nitrogens with zero attached hydrogens (tertiary/aromatic N) is 4. The van der Waals surface area contributed by atoms with Crippen LogP contribution < -0.4 is 0 Å². The van der Waals surface area contributed by atoms with E-state index in [0.717, 1.165) is 29.8 Å².